The lowest BCUT2D eigenvalue weighted by molar-refractivity contribution is -0.155. The number of carbonyl (C=O) groups is 2. The molecule has 8 heteroatoms. The molecule has 2 amide bonds. The van der Waals surface area contributed by atoms with E-state index in [4.69, 9.17) is 0 Å². The molecule has 0 aliphatic carbocycles. The third kappa shape index (κ3) is 5.49. The first-order valence-electron chi connectivity index (χ1n) is 5.86. The van der Waals surface area contributed by atoms with Gasteiger partial charge in [-0.05, 0) is 0 Å². The minimum Gasteiger partial charge on any atom is -0.387 e. The number of nitrogens with one attached hydrogen (secondary N) is 2. The van der Waals surface area contributed by atoms with Crippen LogP contribution in [0.5, 0.6) is 0 Å². The number of aliphatic hydroxyl groups is 4. The molecule has 0 rings (SSSR count). The van der Waals surface area contributed by atoms with Crippen LogP contribution in [0.2, 0.25) is 0 Å². The molecule has 0 aromatic carbocycles. The van der Waals surface area contributed by atoms with E-state index in [0.717, 1.165) is 0 Å². The molecule has 0 aromatic heterocycles. The zero-order chi connectivity index (χ0) is 15.7. The Kier molecular flexibility index (Phi) is 8.41. The van der Waals surface area contributed by atoms with Crippen LogP contribution in [0.25, 0.3) is 0 Å². The summed E-state index contributed by atoms with van der Waals surface area (Å²) >= 11 is 0. The second kappa shape index (κ2) is 9.21. The average molecular weight is 288 g/mol. The monoisotopic (exact) mass is 288 g/mol. The van der Waals surface area contributed by atoms with Crippen LogP contribution in [0.15, 0.2) is 25.3 Å². The van der Waals surface area contributed by atoms with Gasteiger partial charge in [0.05, 0.1) is 0 Å². The van der Waals surface area contributed by atoms with Gasteiger partial charge in [0.15, 0.2) is 12.2 Å². The highest BCUT2D eigenvalue weighted by Gasteiger charge is 2.37. The smallest absolute Gasteiger partial charge is 0.251 e. The van der Waals surface area contributed by atoms with Crippen LogP contribution < -0.4 is 10.6 Å². The van der Waals surface area contributed by atoms with Crippen LogP contribution in [-0.4, -0.2) is 69.7 Å². The first-order chi connectivity index (χ1) is 9.36. The lowest BCUT2D eigenvalue weighted by atomic mass is 10.0. The maximum Gasteiger partial charge on any atom is 0.251 e. The molecular formula is C12H20N2O6. The molecule has 0 aliphatic rings. The maximum atomic E-state index is 11.3. The molecule has 114 valence electrons. The summed E-state index contributed by atoms with van der Waals surface area (Å²) in [6.45, 7) is 6.80. The summed E-state index contributed by atoms with van der Waals surface area (Å²) in [4.78, 5) is 22.7. The van der Waals surface area contributed by atoms with Crippen LogP contribution >= 0.6 is 0 Å². The Balaban J connectivity index is 4.53. The van der Waals surface area contributed by atoms with Gasteiger partial charge in [0.1, 0.15) is 12.2 Å². The van der Waals surface area contributed by atoms with E-state index in [9.17, 15) is 30.0 Å². The lowest BCUT2D eigenvalue weighted by Crippen LogP contribution is -2.54. The molecule has 0 heterocycles. The average Bonchev–Trinajstić information content (AvgIpc) is 2.46. The van der Waals surface area contributed by atoms with Crippen molar-refractivity contribution >= 4 is 11.8 Å². The second-order valence-electron chi connectivity index (χ2n) is 3.94. The third-order valence-electron chi connectivity index (χ3n) is 2.38. The number of amides is 2. The number of rotatable bonds is 9. The first kappa shape index (κ1) is 18.3. The molecular weight excluding hydrogens is 268 g/mol. The summed E-state index contributed by atoms with van der Waals surface area (Å²) < 4.78 is 0. The molecule has 0 fully saturated rings. The van der Waals surface area contributed by atoms with Gasteiger partial charge in [-0.2, -0.15) is 0 Å². The van der Waals surface area contributed by atoms with Crippen molar-refractivity contribution in [3.8, 4) is 0 Å². The van der Waals surface area contributed by atoms with E-state index in [1.807, 2.05) is 0 Å². The lowest BCUT2D eigenvalue weighted by Gasteiger charge is -2.25. The number of carbonyl (C=O) groups excluding carboxylic acids is 2. The van der Waals surface area contributed by atoms with Gasteiger partial charge in [-0.1, -0.05) is 12.2 Å². The molecule has 20 heavy (non-hydrogen) atoms. The van der Waals surface area contributed by atoms with Crippen molar-refractivity contribution in [3.05, 3.63) is 25.3 Å². The highest BCUT2D eigenvalue weighted by atomic mass is 16.4. The molecule has 4 unspecified atom stereocenters. The van der Waals surface area contributed by atoms with E-state index >= 15 is 0 Å². The van der Waals surface area contributed by atoms with Gasteiger partial charge in [0, 0.05) is 13.1 Å². The largest absolute Gasteiger partial charge is 0.387 e. The van der Waals surface area contributed by atoms with Crippen LogP contribution in [0.1, 0.15) is 0 Å². The summed E-state index contributed by atoms with van der Waals surface area (Å²) in [5.41, 5.74) is 0. The molecule has 0 saturated heterocycles. The number of hydrogen-bond acceptors (Lipinski definition) is 6. The van der Waals surface area contributed by atoms with Gasteiger partial charge >= 0.3 is 0 Å². The number of hydrogen-bond donors (Lipinski definition) is 6. The van der Waals surface area contributed by atoms with Crippen LogP contribution in [-0.2, 0) is 9.59 Å². The highest BCUT2D eigenvalue weighted by molar-refractivity contribution is 5.83. The van der Waals surface area contributed by atoms with Gasteiger partial charge in [0.25, 0.3) is 11.8 Å². The van der Waals surface area contributed by atoms with Crippen molar-refractivity contribution < 1.29 is 30.0 Å². The van der Waals surface area contributed by atoms with E-state index in [0.29, 0.717) is 0 Å². The van der Waals surface area contributed by atoms with Crippen molar-refractivity contribution in [2.75, 3.05) is 13.1 Å². The molecule has 8 nitrogen and oxygen atoms in total. The summed E-state index contributed by atoms with van der Waals surface area (Å²) in [7, 11) is 0. The molecule has 6 N–H and O–H groups in total. The van der Waals surface area contributed by atoms with Crippen molar-refractivity contribution in [2.45, 2.75) is 24.4 Å². The zero-order valence-electron chi connectivity index (χ0n) is 10.9. The van der Waals surface area contributed by atoms with Crippen LogP contribution in [0.3, 0.4) is 0 Å². The van der Waals surface area contributed by atoms with E-state index < -0.39 is 36.2 Å². The quantitative estimate of drug-likeness (QED) is 0.250. The Morgan fingerprint density at radius 1 is 0.850 bits per heavy atom. The molecule has 0 saturated carbocycles. The Hall–Kier alpha value is -1.74. The highest BCUT2D eigenvalue weighted by Crippen LogP contribution is 2.06. The minimum atomic E-state index is -2.02. The predicted molar refractivity (Wildman–Crippen MR) is 70.4 cm³/mol. The fraction of sp³-hybridized carbons (Fsp3) is 0.500. The zero-order valence-corrected chi connectivity index (χ0v) is 10.9. The predicted octanol–water partition coefficient (Wildman–Crippen LogP) is -2.97. The Morgan fingerprint density at radius 2 is 1.15 bits per heavy atom. The standard InChI is InChI=1S/C12H20N2O6/c1-3-5-13-11(19)9(17)7(15)8(16)10(18)12(20)14-6-4-2/h3-4,7-10,15-18H,1-2,5-6H2,(H,13,19)(H,14,20). The normalized spacial score (nSPS) is 16.4. The van der Waals surface area contributed by atoms with Crippen molar-refractivity contribution in [1.82, 2.24) is 10.6 Å². The van der Waals surface area contributed by atoms with Gasteiger partial charge in [-0.25, -0.2) is 0 Å². The SMILES string of the molecule is C=CCNC(=O)C(O)C(O)C(O)C(O)C(=O)NCC=C. The Morgan fingerprint density at radius 3 is 1.40 bits per heavy atom. The van der Waals surface area contributed by atoms with E-state index in [2.05, 4.69) is 23.8 Å². The minimum absolute atomic E-state index is 0.0566. The number of aliphatic hydroxyl groups excluding tert-OH is 4. The van der Waals surface area contributed by atoms with Crippen molar-refractivity contribution in [2.24, 2.45) is 0 Å². The summed E-state index contributed by atoms with van der Waals surface area (Å²) in [6.07, 6.45) is -5.33. The summed E-state index contributed by atoms with van der Waals surface area (Å²) in [6, 6.07) is 0. The second-order valence-corrected chi connectivity index (χ2v) is 3.94. The summed E-state index contributed by atoms with van der Waals surface area (Å²) in [5.74, 6) is -1.93. The molecule has 0 radical (unpaired) electrons. The topological polar surface area (TPSA) is 139 Å². The molecule has 0 aliphatic heterocycles. The molecule has 0 bridgehead atoms. The van der Waals surface area contributed by atoms with E-state index in [1.54, 1.807) is 0 Å². The van der Waals surface area contributed by atoms with Crippen LogP contribution in [0, 0.1) is 0 Å². The van der Waals surface area contributed by atoms with E-state index in [1.165, 1.54) is 12.2 Å². The Labute approximate surface area is 116 Å². The van der Waals surface area contributed by atoms with Gasteiger partial charge in [-0.15, -0.1) is 13.2 Å². The van der Waals surface area contributed by atoms with Gasteiger partial charge in [0.2, 0.25) is 0 Å². The van der Waals surface area contributed by atoms with E-state index in [-0.39, 0.29) is 13.1 Å². The van der Waals surface area contributed by atoms with Gasteiger partial charge in [-0.3, -0.25) is 9.59 Å². The van der Waals surface area contributed by atoms with Gasteiger partial charge < -0.3 is 31.1 Å². The first-order valence-corrected chi connectivity index (χ1v) is 5.86. The maximum absolute atomic E-state index is 11.3. The third-order valence-corrected chi connectivity index (χ3v) is 2.38. The van der Waals surface area contributed by atoms with Crippen LogP contribution in [0.4, 0.5) is 0 Å². The Bertz CT molecular complexity index is 326. The van der Waals surface area contributed by atoms with Crippen molar-refractivity contribution in [1.29, 1.82) is 0 Å². The summed E-state index contributed by atoms with van der Waals surface area (Å²) in [5, 5.41) is 42.5. The fourth-order valence-corrected chi connectivity index (χ4v) is 1.24. The molecule has 0 aromatic rings. The molecule has 0 spiro atoms. The van der Waals surface area contributed by atoms with Crippen molar-refractivity contribution in [3.63, 3.8) is 0 Å². The fourth-order valence-electron chi connectivity index (χ4n) is 1.24. The molecule has 4 atom stereocenters.